The van der Waals surface area contributed by atoms with Gasteiger partial charge in [0.15, 0.2) is 5.13 Å². The second-order valence-electron chi connectivity index (χ2n) is 8.07. The number of thiazole rings is 1. The van der Waals surface area contributed by atoms with Crippen LogP contribution in [0.3, 0.4) is 0 Å². The van der Waals surface area contributed by atoms with Gasteiger partial charge in [-0.3, -0.25) is 9.59 Å². The molecule has 1 atom stereocenters. The van der Waals surface area contributed by atoms with Crippen molar-refractivity contribution in [2.24, 2.45) is 11.8 Å². The van der Waals surface area contributed by atoms with E-state index in [1.807, 2.05) is 36.6 Å². The normalized spacial score (nSPS) is 19.8. The highest BCUT2D eigenvalue weighted by Crippen LogP contribution is 2.24. The van der Waals surface area contributed by atoms with E-state index in [-0.39, 0.29) is 17.7 Å². The van der Waals surface area contributed by atoms with E-state index < -0.39 is 0 Å². The van der Waals surface area contributed by atoms with E-state index in [4.69, 9.17) is 0 Å². The summed E-state index contributed by atoms with van der Waals surface area (Å²) in [6.07, 6.45) is 1.14. The number of aromatic nitrogens is 1. The number of rotatable bonds is 6. The first-order valence-corrected chi connectivity index (χ1v) is 10.9. The molecule has 8 heteroatoms. The van der Waals surface area contributed by atoms with Crippen LogP contribution in [0.2, 0.25) is 0 Å². The molecule has 29 heavy (non-hydrogen) atoms. The Bertz CT molecular complexity index is 893. The van der Waals surface area contributed by atoms with Gasteiger partial charge in [-0.15, -0.1) is 11.3 Å². The van der Waals surface area contributed by atoms with Crippen molar-refractivity contribution in [3.05, 3.63) is 40.9 Å². The number of carbonyl (C=O) groups excluding carboxylic acids is 2. The number of benzene rings is 1. The lowest BCUT2D eigenvalue weighted by atomic mass is 9.97. The molecule has 1 aromatic heterocycles. The van der Waals surface area contributed by atoms with E-state index in [0.29, 0.717) is 24.6 Å². The van der Waals surface area contributed by atoms with Gasteiger partial charge in [0, 0.05) is 42.8 Å². The summed E-state index contributed by atoms with van der Waals surface area (Å²) in [7, 11) is 2.11. The number of nitrogens with zero attached hydrogens (tertiary/aromatic N) is 3. The Hall–Kier alpha value is -2.45. The minimum absolute atomic E-state index is 0.0366. The van der Waals surface area contributed by atoms with Crippen molar-refractivity contribution in [2.75, 3.05) is 45.1 Å². The molecule has 1 unspecified atom stereocenters. The van der Waals surface area contributed by atoms with Crippen molar-refractivity contribution in [1.82, 2.24) is 20.1 Å². The third-order valence-corrected chi connectivity index (χ3v) is 6.45. The number of hydrogen-bond donors (Lipinski definition) is 2. The summed E-state index contributed by atoms with van der Waals surface area (Å²) in [5, 5.41) is 9.09. The van der Waals surface area contributed by atoms with Crippen LogP contribution < -0.4 is 10.6 Å². The first-order chi connectivity index (χ1) is 14.0. The first kappa shape index (κ1) is 19.8. The Morgan fingerprint density at radius 1 is 1.28 bits per heavy atom. The summed E-state index contributed by atoms with van der Waals surface area (Å²) in [5.74, 6) is 0.472. The molecular formula is C21H27N5O2S. The van der Waals surface area contributed by atoms with Gasteiger partial charge in [0.05, 0.1) is 11.6 Å². The van der Waals surface area contributed by atoms with E-state index in [0.717, 1.165) is 42.6 Å². The fraction of sp³-hybridized carbons (Fsp3) is 0.476. The SMILES string of the molecule is Cc1csc(Nc2cccc(C(=O)N3CC(C(=O)NCC4CCN(C)C4)C3)c2)n1. The molecule has 7 nitrogen and oxygen atoms in total. The first-order valence-electron chi connectivity index (χ1n) is 10.0. The van der Waals surface area contributed by atoms with Crippen molar-refractivity contribution in [3.63, 3.8) is 0 Å². The number of hydrogen-bond acceptors (Lipinski definition) is 6. The van der Waals surface area contributed by atoms with Crippen LogP contribution in [0.25, 0.3) is 0 Å². The van der Waals surface area contributed by atoms with Gasteiger partial charge in [-0.1, -0.05) is 6.07 Å². The number of amides is 2. The third kappa shape index (κ3) is 4.76. The van der Waals surface area contributed by atoms with Crippen molar-refractivity contribution < 1.29 is 9.59 Å². The quantitative estimate of drug-likeness (QED) is 0.760. The van der Waals surface area contributed by atoms with Crippen LogP contribution in [-0.4, -0.2) is 66.4 Å². The van der Waals surface area contributed by atoms with E-state index in [2.05, 4.69) is 27.6 Å². The lowest BCUT2D eigenvalue weighted by molar-refractivity contribution is -0.129. The number of anilines is 2. The lowest BCUT2D eigenvalue weighted by Gasteiger charge is -2.38. The average Bonchev–Trinajstić information content (AvgIpc) is 3.26. The third-order valence-electron chi connectivity index (χ3n) is 5.57. The van der Waals surface area contributed by atoms with Gasteiger partial charge in [-0.05, 0) is 51.1 Å². The molecule has 1 aromatic carbocycles. The molecule has 0 spiro atoms. The molecule has 2 amide bonds. The molecule has 2 aromatic rings. The van der Waals surface area contributed by atoms with Gasteiger partial charge in [-0.25, -0.2) is 4.98 Å². The van der Waals surface area contributed by atoms with Gasteiger partial charge >= 0.3 is 0 Å². The monoisotopic (exact) mass is 413 g/mol. The fourth-order valence-corrected chi connectivity index (χ4v) is 4.55. The Morgan fingerprint density at radius 3 is 2.79 bits per heavy atom. The molecule has 2 fully saturated rings. The summed E-state index contributed by atoms with van der Waals surface area (Å²) >= 11 is 1.53. The van der Waals surface area contributed by atoms with Gasteiger partial charge in [0.2, 0.25) is 5.91 Å². The maximum absolute atomic E-state index is 12.8. The zero-order valence-electron chi connectivity index (χ0n) is 16.9. The van der Waals surface area contributed by atoms with Crippen LogP contribution in [-0.2, 0) is 4.79 Å². The average molecular weight is 414 g/mol. The summed E-state index contributed by atoms with van der Waals surface area (Å²) in [6, 6.07) is 7.42. The van der Waals surface area contributed by atoms with E-state index in [1.54, 1.807) is 4.90 Å². The molecule has 0 aliphatic carbocycles. The molecule has 0 saturated carbocycles. The number of nitrogens with one attached hydrogen (secondary N) is 2. The van der Waals surface area contributed by atoms with E-state index in [1.165, 1.54) is 11.3 Å². The fourth-order valence-electron chi connectivity index (χ4n) is 3.84. The Kier molecular flexibility index (Phi) is 5.82. The molecule has 2 saturated heterocycles. The van der Waals surface area contributed by atoms with Crippen molar-refractivity contribution in [2.45, 2.75) is 13.3 Å². The maximum Gasteiger partial charge on any atom is 0.253 e. The second kappa shape index (κ2) is 8.51. The molecule has 0 radical (unpaired) electrons. The van der Waals surface area contributed by atoms with Crippen LogP contribution >= 0.6 is 11.3 Å². The van der Waals surface area contributed by atoms with E-state index >= 15 is 0 Å². The molecule has 2 aliphatic rings. The standard InChI is InChI=1S/C21H27N5O2S/c1-14-13-29-21(23-14)24-18-5-3-4-16(8-18)20(28)26-11-17(12-26)19(27)22-9-15-6-7-25(2)10-15/h3-5,8,13,15,17H,6-7,9-12H2,1-2H3,(H,22,27)(H,23,24). The molecule has 2 N–H and O–H groups in total. The molecular weight excluding hydrogens is 386 g/mol. The Balaban J connectivity index is 1.26. The topological polar surface area (TPSA) is 77.6 Å². The van der Waals surface area contributed by atoms with Crippen LogP contribution in [0.4, 0.5) is 10.8 Å². The van der Waals surface area contributed by atoms with Crippen molar-refractivity contribution in [3.8, 4) is 0 Å². The predicted octanol–water partition coefficient (Wildman–Crippen LogP) is 2.34. The minimum Gasteiger partial charge on any atom is -0.355 e. The largest absolute Gasteiger partial charge is 0.355 e. The van der Waals surface area contributed by atoms with Crippen molar-refractivity contribution in [1.29, 1.82) is 0 Å². The highest BCUT2D eigenvalue weighted by atomic mass is 32.1. The Morgan fingerprint density at radius 2 is 2.10 bits per heavy atom. The summed E-state index contributed by atoms with van der Waals surface area (Å²) < 4.78 is 0. The number of aryl methyl sites for hydroxylation is 1. The number of likely N-dealkylation sites (tertiary alicyclic amines) is 2. The van der Waals surface area contributed by atoms with Gasteiger partial charge in [0.1, 0.15) is 0 Å². The second-order valence-corrected chi connectivity index (χ2v) is 8.93. The highest BCUT2D eigenvalue weighted by Gasteiger charge is 2.36. The van der Waals surface area contributed by atoms with Crippen molar-refractivity contribution >= 4 is 34.0 Å². The number of carbonyl (C=O) groups is 2. The molecule has 3 heterocycles. The van der Waals surface area contributed by atoms with E-state index in [9.17, 15) is 9.59 Å². The Labute approximate surface area is 175 Å². The smallest absolute Gasteiger partial charge is 0.253 e. The van der Waals surface area contributed by atoms with Crippen LogP contribution in [0.1, 0.15) is 22.5 Å². The minimum atomic E-state index is -0.0994. The van der Waals surface area contributed by atoms with Gasteiger partial charge in [0.25, 0.3) is 5.91 Å². The summed E-state index contributed by atoms with van der Waals surface area (Å²) in [4.78, 5) is 33.5. The maximum atomic E-state index is 12.8. The molecule has 0 bridgehead atoms. The van der Waals surface area contributed by atoms with Crippen LogP contribution in [0.15, 0.2) is 29.6 Å². The molecule has 2 aliphatic heterocycles. The predicted molar refractivity (Wildman–Crippen MR) is 115 cm³/mol. The van der Waals surface area contributed by atoms with Crippen LogP contribution in [0, 0.1) is 18.8 Å². The van der Waals surface area contributed by atoms with Gasteiger partial charge < -0.3 is 20.4 Å². The molecule has 4 rings (SSSR count). The van der Waals surface area contributed by atoms with Crippen LogP contribution in [0.5, 0.6) is 0 Å². The lowest BCUT2D eigenvalue weighted by Crippen LogP contribution is -2.56. The van der Waals surface area contributed by atoms with Gasteiger partial charge in [-0.2, -0.15) is 0 Å². The zero-order chi connectivity index (χ0) is 20.4. The summed E-state index contributed by atoms with van der Waals surface area (Å²) in [6.45, 7) is 5.79. The zero-order valence-corrected chi connectivity index (χ0v) is 17.7. The summed E-state index contributed by atoms with van der Waals surface area (Å²) in [5.41, 5.74) is 2.42. The molecule has 154 valence electrons. The highest BCUT2D eigenvalue weighted by molar-refractivity contribution is 7.13.